The summed E-state index contributed by atoms with van der Waals surface area (Å²) in [6.07, 6.45) is 16.5. The van der Waals surface area contributed by atoms with Crippen LogP contribution in [0.2, 0.25) is 0 Å². The Balaban J connectivity index is 1.40. The number of hydrogen-bond donors (Lipinski definition) is 0. The van der Waals surface area contributed by atoms with E-state index in [1.54, 1.807) is 0 Å². The molecule has 3 rings (SSSR count). The number of unbranched alkanes of at least 4 members (excludes halogenated alkanes) is 1. The fourth-order valence-electron chi connectivity index (χ4n) is 5.25. The van der Waals surface area contributed by atoms with Crippen LogP contribution < -0.4 is 4.74 Å². The minimum Gasteiger partial charge on any atom is -0.494 e. The standard InChI is InChI=1S/C27H40O/c1-3-5-21-28-27-19-13-24(14-20-27)8-7-23-11-17-26(18-12-23)25-15-9-22(6-4-2)10-16-25/h13-14,19-20,22-23,25-26H,3-6,9-12,15-18,21H2,1-2H3/t22-,23-,25-,26-. The van der Waals surface area contributed by atoms with Crippen molar-refractivity contribution in [1.29, 1.82) is 0 Å². The number of ether oxygens (including phenoxy) is 1. The molecule has 0 aliphatic heterocycles. The van der Waals surface area contributed by atoms with Crippen molar-refractivity contribution in [2.75, 3.05) is 6.61 Å². The maximum Gasteiger partial charge on any atom is 0.119 e. The van der Waals surface area contributed by atoms with E-state index in [0.29, 0.717) is 5.92 Å². The summed E-state index contributed by atoms with van der Waals surface area (Å²) in [7, 11) is 0. The molecular formula is C27H40O. The van der Waals surface area contributed by atoms with Crippen LogP contribution in [0.1, 0.15) is 96.5 Å². The van der Waals surface area contributed by atoms with Gasteiger partial charge in [0.25, 0.3) is 0 Å². The lowest BCUT2D eigenvalue weighted by atomic mass is 9.69. The summed E-state index contributed by atoms with van der Waals surface area (Å²) in [5.74, 6) is 11.6. The van der Waals surface area contributed by atoms with E-state index >= 15 is 0 Å². The first kappa shape index (κ1) is 21.3. The van der Waals surface area contributed by atoms with Gasteiger partial charge in [-0.15, -0.1) is 0 Å². The molecule has 154 valence electrons. The van der Waals surface area contributed by atoms with Gasteiger partial charge in [0.2, 0.25) is 0 Å². The summed E-state index contributed by atoms with van der Waals surface area (Å²) in [6, 6.07) is 8.33. The molecule has 1 nitrogen and oxygen atoms in total. The van der Waals surface area contributed by atoms with Crippen molar-refractivity contribution >= 4 is 0 Å². The Labute approximate surface area is 173 Å². The lowest BCUT2D eigenvalue weighted by Crippen LogP contribution is -2.25. The topological polar surface area (TPSA) is 9.23 Å². The van der Waals surface area contributed by atoms with Crippen LogP contribution in [-0.4, -0.2) is 6.61 Å². The van der Waals surface area contributed by atoms with Crippen molar-refractivity contribution in [3.63, 3.8) is 0 Å². The number of rotatable bonds is 7. The molecule has 28 heavy (non-hydrogen) atoms. The predicted molar refractivity (Wildman–Crippen MR) is 120 cm³/mol. The van der Waals surface area contributed by atoms with E-state index in [-0.39, 0.29) is 0 Å². The second kappa shape index (κ2) is 11.5. The maximum absolute atomic E-state index is 5.74. The summed E-state index contributed by atoms with van der Waals surface area (Å²) >= 11 is 0. The average Bonchev–Trinajstić information content (AvgIpc) is 2.75. The molecule has 2 saturated carbocycles. The maximum atomic E-state index is 5.74. The minimum atomic E-state index is 0.605. The molecule has 0 amide bonds. The van der Waals surface area contributed by atoms with Gasteiger partial charge < -0.3 is 4.74 Å². The van der Waals surface area contributed by atoms with Crippen LogP contribution in [0.25, 0.3) is 0 Å². The van der Waals surface area contributed by atoms with Gasteiger partial charge in [-0.1, -0.05) is 57.8 Å². The highest BCUT2D eigenvalue weighted by atomic mass is 16.5. The van der Waals surface area contributed by atoms with Crippen LogP contribution in [0, 0.1) is 35.5 Å². The first-order valence-electron chi connectivity index (χ1n) is 12.0. The molecular weight excluding hydrogens is 340 g/mol. The highest BCUT2D eigenvalue weighted by molar-refractivity contribution is 5.38. The fourth-order valence-corrected chi connectivity index (χ4v) is 5.25. The van der Waals surface area contributed by atoms with E-state index < -0.39 is 0 Å². The molecule has 1 aromatic rings. The van der Waals surface area contributed by atoms with E-state index in [9.17, 15) is 0 Å². The lowest BCUT2D eigenvalue weighted by molar-refractivity contribution is 0.154. The summed E-state index contributed by atoms with van der Waals surface area (Å²) in [5.41, 5.74) is 1.12. The first-order valence-corrected chi connectivity index (χ1v) is 12.0. The van der Waals surface area contributed by atoms with Gasteiger partial charge in [-0.25, -0.2) is 0 Å². The van der Waals surface area contributed by atoms with Gasteiger partial charge in [0.15, 0.2) is 0 Å². The Morgan fingerprint density at radius 2 is 1.46 bits per heavy atom. The molecule has 0 atom stereocenters. The fraction of sp³-hybridized carbons (Fsp3) is 0.704. The summed E-state index contributed by atoms with van der Waals surface area (Å²) < 4.78 is 5.74. The summed E-state index contributed by atoms with van der Waals surface area (Å²) in [5, 5.41) is 0. The Bertz CT molecular complexity index is 604. The molecule has 2 aliphatic carbocycles. The van der Waals surface area contributed by atoms with Gasteiger partial charge >= 0.3 is 0 Å². The van der Waals surface area contributed by atoms with Crippen molar-refractivity contribution < 1.29 is 4.74 Å². The zero-order valence-electron chi connectivity index (χ0n) is 18.2. The van der Waals surface area contributed by atoms with Crippen LogP contribution in [-0.2, 0) is 0 Å². The second-order valence-electron chi connectivity index (χ2n) is 9.18. The number of hydrogen-bond acceptors (Lipinski definition) is 1. The van der Waals surface area contributed by atoms with Gasteiger partial charge in [-0.05, 0) is 87.0 Å². The van der Waals surface area contributed by atoms with E-state index in [1.165, 1.54) is 70.6 Å². The van der Waals surface area contributed by atoms with Crippen molar-refractivity contribution in [3.05, 3.63) is 29.8 Å². The molecule has 0 bridgehead atoms. The van der Waals surface area contributed by atoms with Gasteiger partial charge in [0, 0.05) is 11.5 Å². The molecule has 2 fully saturated rings. The molecule has 0 saturated heterocycles. The van der Waals surface area contributed by atoms with Crippen LogP contribution in [0.15, 0.2) is 24.3 Å². The van der Waals surface area contributed by atoms with Crippen molar-refractivity contribution in [3.8, 4) is 17.6 Å². The Morgan fingerprint density at radius 1 is 0.821 bits per heavy atom. The molecule has 2 aliphatic rings. The van der Waals surface area contributed by atoms with Crippen LogP contribution >= 0.6 is 0 Å². The third-order valence-corrected chi connectivity index (χ3v) is 7.07. The largest absolute Gasteiger partial charge is 0.494 e. The predicted octanol–water partition coefficient (Wildman–Crippen LogP) is 7.63. The van der Waals surface area contributed by atoms with E-state index in [2.05, 4.69) is 50.0 Å². The highest BCUT2D eigenvalue weighted by Gasteiger charge is 2.30. The SMILES string of the molecule is CCCCOc1ccc(C#C[C@H]2CC[C@H]([C@H]3CC[C@H](CCC)CC3)CC2)cc1. The third-order valence-electron chi connectivity index (χ3n) is 7.07. The molecule has 0 spiro atoms. The monoisotopic (exact) mass is 380 g/mol. The van der Waals surface area contributed by atoms with E-state index in [1.807, 2.05) is 0 Å². The van der Waals surface area contributed by atoms with Crippen molar-refractivity contribution in [2.24, 2.45) is 23.7 Å². The lowest BCUT2D eigenvalue weighted by Gasteiger charge is -2.37. The zero-order chi connectivity index (χ0) is 19.6. The normalized spacial score (nSPS) is 27.6. The highest BCUT2D eigenvalue weighted by Crippen LogP contribution is 2.42. The van der Waals surface area contributed by atoms with Crippen LogP contribution in [0.3, 0.4) is 0 Å². The Morgan fingerprint density at radius 3 is 2.07 bits per heavy atom. The molecule has 0 unspecified atom stereocenters. The summed E-state index contributed by atoms with van der Waals surface area (Å²) in [6.45, 7) is 5.34. The van der Waals surface area contributed by atoms with Gasteiger partial charge in [-0.3, -0.25) is 0 Å². The second-order valence-corrected chi connectivity index (χ2v) is 9.18. The molecule has 0 aromatic heterocycles. The first-order chi connectivity index (χ1) is 13.8. The number of benzene rings is 1. The third kappa shape index (κ3) is 6.58. The van der Waals surface area contributed by atoms with E-state index in [0.717, 1.165) is 42.1 Å². The van der Waals surface area contributed by atoms with Gasteiger partial charge in [-0.2, -0.15) is 0 Å². The summed E-state index contributed by atoms with van der Waals surface area (Å²) in [4.78, 5) is 0. The smallest absolute Gasteiger partial charge is 0.119 e. The van der Waals surface area contributed by atoms with Crippen LogP contribution in [0.4, 0.5) is 0 Å². The quantitative estimate of drug-likeness (QED) is 0.349. The zero-order valence-corrected chi connectivity index (χ0v) is 18.2. The van der Waals surface area contributed by atoms with Crippen LogP contribution in [0.5, 0.6) is 5.75 Å². The van der Waals surface area contributed by atoms with E-state index in [4.69, 9.17) is 4.74 Å². The minimum absolute atomic E-state index is 0.605. The average molecular weight is 381 g/mol. The molecule has 0 radical (unpaired) electrons. The van der Waals surface area contributed by atoms with Crippen molar-refractivity contribution in [2.45, 2.75) is 90.9 Å². The Hall–Kier alpha value is -1.42. The molecule has 1 aromatic carbocycles. The Kier molecular flexibility index (Phi) is 8.78. The molecule has 0 N–H and O–H groups in total. The van der Waals surface area contributed by atoms with Crippen molar-refractivity contribution in [1.82, 2.24) is 0 Å². The molecule has 0 heterocycles. The van der Waals surface area contributed by atoms with Gasteiger partial charge in [0.1, 0.15) is 5.75 Å². The molecule has 1 heteroatoms. The van der Waals surface area contributed by atoms with Gasteiger partial charge in [0.05, 0.1) is 6.61 Å².